The average Bonchev–Trinajstić information content (AvgIpc) is 2.50. The minimum Gasteiger partial charge on any atom is -0.488 e. The molecule has 0 spiro atoms. The van der Waals surface area contributed by atoms with E-state index >= 15 is 0 Å². The molecule has 130 valence electrons. The lowest BCUT2D eigenvalue weighted by atomic mass is 9.63. The minimum absolute atomic E-state index is 0.198. The van der Waals surface area contributed by atoms with Crippen molar-refractivity contribution >= 4 is 0 Å². The molecule has 0 aromatic heterocycles. The van der Waals surface area contributed by atoms with Gasteiger partial charge in [-0.2, -0.15) is 0 Å². The van der Waals surface area contributed by atoms with E-state index in [1.54, 1.807) is 0 Å². The van der Waals surface area contributed by atoms with Crippen LogP contribution in [0, 0.1) is 0 Å². The summed E-state index contributed by atoms with van der Waals surface area (Å²) in [6, 6.07) is 6.53. The van der Waals surface area contributed by atoms with Crippen LogP contribution in [0.5, 0.6) is 5.75 Å². The monoisotopic (exact) mass is 320 g/mol. The largest absolute Gasteiger partial charge is 0.488 e. The normalized spacial score (nSPS) is 18.7. The molecule has 0 radical (unpaired) electrons. The van der Waals surface area contributed by atoms with E-state index in [0.29, 0.717) is 19.8 Å². The molecule has 0 N–H and O–H groups in total. The summed E-state index contributed by atoms with van der Waals surface area (Å²) < 4.78 is 17.0. The second-order valence-electron chi connectivity index (χ2n) is 7.63. The molecular formula is C20H32O3. The Morgan fingerprint density at radius 3 is 2.04 bits per heavy atom. The average molecular weight is 320 g/mol. The number of hydrogen-bond acceptors (Lipinski definition) is 3. The van der Waals surface area contributed by atoms with Crippen LogP contribution in [0.3, 0.4) is 0 Å². The summed E-state index contributed by atoms with van der Waals surface area (Å²) in [4.78, 5) is 0. The van der Waals surface area contributed by atoms with Crippen LogP contribution in [0.25, 0.3) is 0 Å². The van der Waals surface area contributed by atoms with Crippen molar-refractivity contribution in [2.45, 2.75) is 71.5 Å². The maximum Gasteiger partial charge on any atom is 0.191 e. The zero-order valence-electron chi connectivity index (χ0n) is 15.6. The van der Waals surface area contributed by atoms with Crippen molar-refractivity contribution in [1.82, 2.24) is 0 Å². The summed E-state index contributed by atoms with van der Waals surface area (Å²) in [6.45, 7) is 14.9. The smallest absolute Gasteiger partial charge is 0.191 e. The quantitative estimate of drug-likeness (QED) is 0.675. The molecule has 0 aliphatic heterocycles. The third-order valence-corrected chi connectivity index (χ3v) is 4.92. The van der Waals surface area contributed by atoms with Gasteiger partial charge in [-0.05, 0) is 60.8 Å². The second-order valence-corrected chi connectivity index (χ2v) is 7.63. The van der Waals surface area contributed by atoms with Crippen molar-refractivity contribution in [2.24, 2.45) is 0 Å². The fraction of sp³-hybridized carbons (Fsp3) is 0.700. The van der Waals surface area contributed by atoms with Gasteiger partial charge in [0.05, 0.1) is 0 Å². The molecule has 0 saturated carbocycles. The molecule has 3 heteroatoms. The molecule has 0 atom stereocenters. The van der Waals surface area contributed by atoms with Crippen molar-refractivity contribution in [3.8, 4) is 5.75 Å². The summed E-state index contributed by atoms with van der Waals surface area (Å²) in [7, 11) is 0. The Kier molecular flexibility index (Phi) is 5.74. The summed E-state index contributed by atoms with van der Waals surface area (Å²) >= 11 is 0. The van der Waals surface area contributed by atoms with Gasteiger partial charge in [0.1, 0.15) is 12.4 Å². The van der Waals surface area contributed by atoms with Gasteiger partial charge in [-0.15, -0.1) is 0 Å². The van der Waals surface area contributed by atoms with E-state index in [0.717, 1.165) is 5.75 Å². The molecular weight excluding hydrogens is 288 g/mol. The molecule has 0 bridgehead atoms. The van der Waals surface area contributed by atoms with Crippen molar-refractivity contribution in [2.75, 3.05) is 19.8 Å². The molecule has 1 aromatic rings. The number of rotatable bonds is 7. The SMILES string of the molecule is CCOC(COc1ccc2c(c1)C(C)(C)CCC2(C)C)OCC. The lowest BCUT2D eigenvalue weighted by molar-refractivity contribution is -0.152. The van der Waals surface area contributed by atoms with Crippen molar-refractivity contribution in [1.29, 1.82) is 0 Å². The zero-order chi connectivity index (χ0) is 17.1. The maximum absolute atomic E-state index is 5.95. The van der Waals surface area contributed by atoms with Crippen LogP contribution >= 0.6 is 0 Å². The Bertz CT molecular complexity index is 514. The van der Waals surface area contributed by atoms with Gasteiger partial charge >= 0.3 is 0 Å². The number of benzene rings is 1. The fourth-order valence-corrected chi connectivity index (χ4v) is 3.34. The number of ether oxygens (including phenoxy) is 3. The summed E-state index contributed by atoms with van der Waals surface area (Å²) in [5.74, 6) is 0.902. The first-order valence-corrected chi connectivity index (χ1v) is 8.81. The fourth-order valence-electron chi connectivity index (χ4n) is 3.34. The van der Waals surface area contributed by atoms with Crippen LogP contribution < -0.4 is 4.74 Å². The molecule has 2 rings (SSSR count). The predicted molar refractivity (Wildman–Crippen MR) is 94.3 cm³/mol. The summed E-state index contributed by atoms with van der Waals surface area (Å²) in [5, 5.41) is 0. The van der Waals surface area contributed by atoms with Crippen LogP contribution in [0.15, 0.2) is 18.2 Å². The van der Waals surface area contributed by atoms with Gasteiger partial charge in [-0.3, -0.25) is 0 Å². The third kappa shape index (κ3) is 4.27. The molecule has 1 aliphatic rings. The first kappa shape index (κ1) is 18.3. The highest BCUT2D eigenvalue weighted by molar-refractivity contribution is 5.45. The van der Waals surface area contributed by atoms with Gasteiger partial charge in [-0.25, -0.2) is 0 Å². The summed E-state index contributed by atoms with van der Waals surface area (Å²) in [5.41, 5.74) is 3.30. The highest BCUT2D eigenvalue weighted by Gasteiger charge is 2.37. The molecule has 0 saturated heterocycles. The number of hydrogen-bond donors (Lipinski definition) is 0. The van der Waals surface area contributed by atoms with Gasteiger partial charge in [0.15, 0.2) is 6.29 Å². The Morgan fingerprint density at radius 2 is 1.48 bits per heavy atom. The molecule has 3 nitrogen and oxygen atoms in total. The van der Waals surface area contributed by atoms with Crippen molar-refractivity contribution in [3.63, 3.8) is 0 Å². The zero-order valence-corrected chi connectivity index (χ0v) is 15.6. The topological polar surface area (TPSA) is 27.7 Å². The predicted octanol–water partition coefficient (Wildman–Crippen LogP) is 4.81. The lowest BCUT2D eigenvalue weighted by Crippen LogP contribution is -2.33. The Balaban J connectivity index is 2.16. The van der Waals surface area contributed by atoms with Crippen LogP contribution in [-0.2, 0) is 20.3 Å². The Labute approximate surface area is 141 Å². The van der Waals surface area contributed by atoms with E-state index in [4.69, 9.17) is 14.2 Å². The van der Waals surface area contributed by atoms with E-state index in [1.807, 2.05) is 13.8 Å². The molecule has 1 aliphatic carbocycles. The molecule has 0 heterocycles. The summed E-state index contributed by atoms with van der Waals surface area (Å²) in [6.07, 6.45) is 2.13. The Morgan fingerprint density at radius 1 is 0.913 bits per heavy atom. The van der Waals surface area contributed by atoms with Crippen LogP contribution in [0.2, 0.25) is 0 Å². The van der Waals surface area contributed by atoms with Crippen LogP contribution in [0.1, 0.15) is 65.5 Å². The van der Waals surface area contributed by atoms with Gasteiger partial charge < -0.3 is 14.2 Å². The van der Waals surface area contributed by atoms with Gasteiger partial charge in [0.2, 0.25) is 0 Å². The number of fused-ring (bicyclic) bond motifs is 1. The highest BCUT2D eigenvalue weighted by Crippen LogP contribution is 2.46. The maximum atomic E-state index is 5.95. The van der Waals surface area contributed by atoms with Crippen molar-refractivity contribution < 1.29 is 14.2 Å². The van der Waals surface area contributed by atoms with Crippen molar-refractivity contribution in [3.05, 3.63) is 29.3 Å². The minimum atomic E-state index is -0.300. The van der Waals surface area contributed by atoms with E-state index < -0.39 is 0 Å². The van der Waals surface area contributed by atoms with Gasteiger partial charge in [0, 0.05) is 13.2 Å². The first-order valence-electron chi connectivity index (χ1n) is 8.81. The molecule has 0 amide bonds. The van der Waals surface area contributed by atoms with Gasteiger partial charge in [-0.1, -0.05) is 33.8 Å². The van der Waals surface area contributed by atoms with E-state index in [2.05, 4.69) is 45.9 Å². The third-order valence-electron chi connectivity index (χ3n) is 4.92. The molecule has 0 fully saturated rings. The first-order chi connectivity index (χ1) is 10.8. The molecule has 0 unspecified atom stereocenters. The lowest BCUT2D eigenvalue weighted by Gasteiger charge is -2.42. The van der Waals surface area contributed by atoms with Gasteiger partial charge in [0.25, 0.3) is 0 Å². The molecule has 1 aromatic carbocycles. The van der Waals surface area contributed by atoms with E-state index in [-0.39, 0.29) is 17.1 Å². The van der Waals surface area contributed by atoms with E-state index in [1.165, 1.54) is 24.0 Å². The second kappa shape index (κ2) is 7.23. The highest BCUT2D eigenvalue weighted by atomic mass is 16.7. The van der Waals surface area contributed by atoms with Crippen LogP contribution in [0.4, 0.5) is 0 Å². The van der Waals surface area contributed by atoms with Crippen LogP contribution in [-0.4, -0.2) is 26.1 Å². The standard InChI is InChI=1S/C20H32O3/c1-7-21-18(22-8-2)14-23-15-9-10-16-17(13-15)20(5,6)12-11-19(16,3)4/h9-10,13,18H,7-8,11-12,14H2,1-6H3. The molecule has 23 heavy (non-hydrogen) atoms. The Hall–Kier alpha value is -1.06. The van der Waals surface area contributed by atoms with E-state index in [9.17, 15) is 0 Å².